The summed E-state index contributed by atoms with van der Waals surface area (Å²) in [5, 5.41) is 1.43. The lowest BCUT2D eigenvalue weighted by atomic mass is 10.1. The SMILES string of the molecule is Cc1cccc2c1cc(CN1CCCCCC1)n2C(C)C. The molecule has 0 N–H and O–H groups in total. The van der Waals surface area contributed by atoms with Crippen LogP contribution in [0.3, 0.4) is 0 Å². The third-order valence-electron chi connectivity index (χ3n) is 4.78. The van der Waals surface area contributed by atoms with E-state index >= 15 is 0 Å². The molecule has 114 valence electrons. The Morgan fingerprint density at radius 2 is 1.76 bits per heavy atom. The molecule has 3 rings (SSSR count). The zero-order chi connectivity index (χ0) is 14.8. The van der Waals surface area contributed by atoms with Crippen molar-refractivity contribution in [3.63, 3.8) is 0 Å². The van der Waals surface area contributed by atoms with Crippen LogP contribution in [-0.2, 0) is 6.54 Å². The second-order valence-electron chi connectivity index (χ2n) is 6.80. The van der Waals surface area contributed by atoms with Crippen LogP contribution >= 0.6 is 0 Å². The molecule has 2 aromatic rings. The lowest BCUT2D eigenvalue weighted by Crippen LogP contribution is -2.25. The summed E-state index contributed by atoms with van der Waals surface area (Å²) >= 11 is 0. The van der Waals surface area contributed by atoms with Gasteiger partial charge in [-0.2, -0.15) is 0 Å². The molecule has 0 atom stereocenters. The van der Waals surface area contributed by atoms with E-state index in [1.54, 1.807) is 0 Å². The molecule has 0 radical (unpaired) electrons. The van der Waals surface area contributed by atoms with Gasteiger partial charge in [-0.15, -0.1) is 0 Å². The Kier molecular flexibility index (Phi) is 4.34. The molecule has 1 aromatic heterocycles. The van der Waals surface area contributed by atoms with E-state index in [2.05, 4.69) is 54.5 Å². The predicted octanol–water partition coefficient (Wildman–Crippen LogP) is 4.91. The van der Waals surface area contributed by atoms with E-state index in [9.17, 15) is 0 Å². The average molecular weight is 284 g/mol. The summed E-state index contributed by atoms with van der Waals surface area (Å²) in [4.78, 5) is 2.65. The second-order valence-corrected chi connectivity index (χ2v) is 6.80. The number of nitrogens with zero attached hydrogens (tertiary/aromatic N) is 2. The van der Waals surface area contributed by atoms with Gasteiger partial charge in [-0.25, -0.2) is 0 Å². The van der Waals surface area contributed by atoms with E-state index in [0.29, 0.717) is 6.04 Å². The lowest BCUT2D eigenvalue weighted by Gasteiger charge is -2.22. The molecule has 0 amide bonds. The molecule has 0 unspecified atom stereocenters. The molecule has 1 aliphatic heterocycles. The molecule has 2 heterocycles. The topological polar surface area (TPSA) is 8.17 Å². The highest BCUT2D eigenvalue weighted by atomic mass is 15.1. The Bertz CT molecular complexity index is 601. The van der Waals surface area contributed by atoms with Crippen molar-refractivity contribution in [3.8, 4) is 0 Å². The number of aryl methyl sites for hydroxylation is 1. The van der Waals surface area contributed by atoms with Gasteiger partial charge in [-0.05, 0) is 64.4 Å². The summed E-state index contributed by atoms with van der Waals surface area (Å²) in [7, 11) is 0. The van der Waals surface area contributed by atoms with E-state index in [1.165, 1.54) is 60.9 Å². The van der Waals surface area contributed by atoms with Crippen LogP contribution in [0.2, 0.25) is 0 Å². The number of aromatic nitrogens is 1. The van der Waals surface area contributed by atoms with E-state index in [0.717, 1.165) is 6.54 Å². The molecule has 0 saturated carbocycles. The van der Waals surface area contributed by atoms with Crippen molar-refractivity contribution in [2.75, 3.05) is 13.1 Å². The normalized spacial score (nSPS) is 17.5. The summed E-state index contributed by atoms with van der Waals surface area (Å²) < 4.78 is 2.53. The Balaban J connectivity index is 1.96. The molecule has 0 bridgehead atoms. The Labute approximate surface area is 128 Å². The first-order valence-corrected chi connectivity index (χ1v) is 8.48. The van der Waals surface area contributed by atoms with Gasteiger partial charge < -0.3 is 4.57 Å². The number of hydrogen-bond acceptors (Lipinski definition) is 1. The van der Waals surface area contributed by atoms with Crippen LogP contribution in [0.4, 0.5) is 0 Å². The maximum atomic E-state index is 2.65. The quantitative estimate of drug-likeness (QED) is 0.777. The third kappa shape index (κ3) is 3.01. The van der Waals surface area contributed by atoms with Gasteiger partial charge in [0.15, 0.2) is 0 Å². The van der Waals surface area contributed by atoms with Gasteiger partial charge in [-0.3, -0.25) is 4.90 Å². The summed E-state index contributed by atoms with van der Waals surface area (Å²) in [5.74, 6) is 0. The molecule has 1 aliphatic rings. The number of benzene rings is 1. The minimum absolute atomic E-state index is 0.520. The molecule has 1 aromatic carbocycles. The van der Waals surface area contributed by atoms with Crippen molar-refractivity contribution in [1.82, 2.24) is 9.47 Å². The zero-order valence-electron chi connectivity index (χ0n) is 13.7. The van der Waals surface area contributed by atoms with Gasteiger partial charge in [-0.1, -0.05) is 25.0 Å². The van der Waals surface area contributed by atoms with Crippen LogP contribution in [-0.4, -0.2) is 22.6 Å². The molecular weight excluding hydrogens is 256 g/mol. The largest absolute Gasteiger partial charge is 0.341 e. The van der Waals surface area contributed by atoms with Crippen LogP contribution in [0, 0.1) is 6.92 Å². The highest BCUT2D eigenvalue weighted by molar-refractivity contribution is 5.84. The van der Waals surface area contributed by atoms with E-state index < -0.39 is 0 Å². The summed E-state index contributed by atoms with van der Waals surface area (Å²) in [6.45, 7) is 10.5. The third-order valence-corrected chi connectivity index (χ3v) is 4.78. The van der Waals surface area contributed by atoms with Gasteiger partial charge in [0, 0.05) is 29.2 Å². The smallest absolute Gasteiger partial charge is 0.0488 e. The van der Waals surface area contributed by atoms with Crippen molar-refractivity contribution in [1.29, 1.82) is 0 Å². The molecule has 0 aliphatic carbocycles. The van der Waals surface area contributed by atoms with Crippen molar-refractivity contribution in [2.45, 2.75) is 59.0 Å². The summed E-state index contributed by atoms with van der Waals surface area (Å²) in [6.07, 6.45) is 5.54. The van der Waals surface area contributed by atoms with Crippen molar-refractivity contribution < 1.29 is 0 Å². The fourth-order valence-electron chi connectivity index (χ4n) is 3.71. The van der Waals surface area contributed by atoms with E-state index in [4.69, 9.17) is 0 Å². The Morgan fingerprint density at radius 3 is 2.43 bits per heavy atom. The zero-order valence-corrected chi connectivity index (χ0v) is 13.7. The maximum Gasteiger partial charge on any atom is 0.0488 e. The molecule has 1 fully saturated rings. The van der Waals surface area contributed by atoms with Gasteiger partial charge >= 0.3 is 0 Å². The molecule has 21 heavy (non-hydrogen) atoms. The van der Waals surface area contributed by atoms with Crippen molar-refractivity contribution in [2.24, 2.45) is 0 Å². The highest BCUT2D eigenvalue weighted by Crippen LogP contribution is 2.28. The van der Waals surface area contributed by atoms with Crippen LogP contribution < -0.4 is 0 Å². The van der Waals surface area contributed by atoms with Gasteiger partial charge in [0.25, 0.3) is 0 Å². The lowest BCUT2D eigenvalue weighted by molar-refractivity contribution is 0.268. The molecule has 2 heteroatoms. The Morgan fingerprint density at radius 1 is 1.05 bits per heavy atom. The molecule has 2 nitrogen and oxygen atoms in total. The van der Waals surface area contributed by atoms with Crippen LogP contribution in [0.15, 0.2) is 24.3 Å². The first-order valence-electron chi connectivity index (χ1n) is 8.48. The summed E-state index contributed by atoms with van der Waals surface area (Å²) in [6, 6.07) is 9.63. The van der Waals surface area contributed by atoms with Gasteiger partial charge in [0.2, 0.25) is 0 Å². The maximum absolute atomic E-state index is 2.65. The predicted molar refractivity (Wildman–Crippen MR) is 90.8 cm³/mol. The van der Waals surface area contributed by atoms with E-state index in [-0.39, 0.29) is 0 Å². The monoisotopic (exact) mass is 284 g/mol. The van der Waals surface area contributed by atoms with Crippen LogP contribution in [0.5, 0.6) is 0 Å². The van der Waals surface area contributed by atoms with Crippen LogP contribution in [0.1, 0.15) is 56.8 Å². The molecule has 1 saturated heterocycles. The number of hydrogen-bond donors (Lipinski definition) is 0. The van der Waals surface area contributed by atoms with Gasteiger partial charge in [0.1, 0.15) is 0 Å². The number of likely N-dealkylation sites (tertiary alicyclic amines) is 1. The second kappa shape index (κ2) is 6.23. The van der Waals surface area contributed by atoms with E-state index in [1.807, 2.05) is 0 Å². The average Bonchev–Trinajstić information content (AvgIpc) is 2.63. The summed E-state index contributed by atoms with van der Waals surface area (Å²) in [5.41, 5.74) is 4.27. The Hall–Kier alpha value is -1.28. The highest BCUT2D eigenvalue weighted by Gasteiger charge is 2.16. The fraction of sp³-hybridized carbons (Fsp3) is 0.579. The van der Waals surface area contributed by atoms with Crippen LogP contribution in [0.25, 0.3) is 10.9 Å². The first-order chi connectivity index (χ1) is 10.2. The molecule has 0 spiro atoms. The number of rotatable bonds is 3. The minimum atomic E-state index is 0.520. The fourth-order valence-corrected chi connectivity index (χ4v) is 3.71. The molecular formula is C19H28N2. The standard InChI is InChI=1S/C19H28N2/c1-15(2)21-17(14-20-11-6-4-5-7-12-20)13-18-16(3)9-8-10-19(18)21/h8-10,13,15H,4-7,11-12,14H2,1-3H3. The minimum Gasteiger partial charge on any atom is -0.341 e. The van der Waals surface area contributed by atoms with Crippen molar-refractivity contribution >= 4 is 10.9 Å². The van der Waals surface area contributed by atoms with Crippen molar-refractivity contribution in [3.05, 3.63) is 35.5 Å². The number of fused-ring (bicyclic) bond motifs is 1. The first kappa shape index (κ1) is 14.6. The van der Waals surface area contributed by atoms with Gasteiger partial charge in [0.05, 0.1) is 0 Å².